The number of rotatable bonds is 49. The summed E-state index contributed by atoms with van der Waals surface area (Å²) < 4.78 is 38.3. The van der Waals surface area contributed by atoms with E-state index < -0.39 is 9.85 Å². The zero-order valence-corrected chi connectivity index (χ0v) is 85.4. The van der Waals surface area contributed by atoms with Crippen molar-refractivity contribution in [3.8, 4) is 0 Å². The number of carbonyl (C=O) groups is 6. The lowest BCUT2D eigenvalue weighted by Gasteiger charge is -2.37. The van der Waals surface area contributed by atoms with Gasteiger partial charge in [0.2, 0.25) is 0 Å². The van der Waals surface area contributed by atoms with Crippen molar-refractivity contribution >= 4 is 35.8 Å². The topological polar surface area (TPSA) is 325 Å². The van der Waals surface area contributed by atoms with Gasteiger partial charge in [-0.2, -0.15) is 0 Å². The van der Waals surface area contributed by atoms with Crippen molar-refractivity contribution in [1.82, 2.24) is 0 Å². The average Bonchev–Trinajstić information content (AvgIpc) is 0.880. The summed E-state index contributed by atoms with van der Waals surface area (Å²) in [5, 5.41) is 45.6. The predicted molar refractivity (Wildman–Crippen MR) is 532 cm³/mol. The van der Waals surface area contributed by atoms with E-state index in [2.05, 4.69) is 125 Å². The van der Waals surface area contributed by atoms with Crippen molar-refractivity contribution in [1.29, 1.82) is 0 Å². The third-order valence-corrected chi connectivity index (χ3v) is 21.9. The highest BCUT2D eigenvalue weighted by Crippen LogP contribution is 2.17. The highest BCUT2D eigenvalue weighted by molar-refractivity contribution is 5.91. The van der Waals surface area contributed by atoms with Gasteiger partial charge in [-0.25, -0.2) is 28.8 Å². The molecule has 746 valence electrons. The maximum atomic E-state index is 12.0. The molecule has 0 fully saturated rings. The summed E-state index contributed by atoms with van der Waals surface area (Å²) in [4.78, 5) is 87.6. The minimum atomic E-state index is -0.500. The number of nitro groups is 2. The Balaban J connectivity index is -0.000000347. The Morgan fingerprint density at radius 2 is 0.374 bits per heavy atom. The summed E-state index contributed by atoms with van der Waals surface area (Å²) in [6, 6.07) is 55.1. The van der Waals surface area contributed by atoms with Gasteiger partial charge in [0, 0.05) is 38.3 Å². The monoisotopic (exact) mass is 1850 g/mol. The molecule has 2 atom stereocenters. The molecule has 131 heavy (non-hydrogen) atoms. The molecule has 0 radical (unpaired) electrons. The molecular formula is C103H180N8O20+6. The highest BCUT2D eigenvalue weighted by atomic mass is 16.6. The lowest BCUT2D eigenvalue weighted by Crippen LogP contribution is -2.51. The van der Waals surface area contributed by atoms with Gasteiger partial charge in [-0.1, -0.05) is 177 Å². The molecule has 28 heteroatoms. The first-order chi connectivity index (χ1) is 62.8. The van der Waals surface area contributed by atoms with Crippen LogP contribution in [0.2, 0.25) is 0 Å². The van der Waals surface area contributed by atoms with Gasteiger partial charge in [0.25, 0.3) is 0 Å². The largest absolute Gasteiger partial charge is 0.456 e. The van der Waals surface area contributed by atoms with E-state index in [-0.39, 0.29) is 35.8 Å². The van der Waals surface area contributed by atoms with Crippen molar-refractivity contribution in [2.24, 2.45) is 0 Å². The van der Waals surface area contributed by atoms with Gasteiger partial charge in [0.1, 0.15) is 78.9 Å². The number of esters is 6. The Morgan fingerprint density at radius 3 is 0.504 bits per heavy atom. The Morgan fingerprint density at radius 1 is 0.237 bits per heavy atom. The molecule has 6 rings (SSSR count). The molecule has 0 saturated carbocycles. The first-order valence-electron chi connectivity index (χ1n) is 47.1. The van der Waals surface area contributed by atoms with E-state index in [4.69, 9.17) is 69.1 Å². The van der Waals surface area contributed by atoms with E-state index in [0.717, 1.165) is 181 Å². The lowest BCUT2D eigenvalue weighted by molar-refractivity contribution is -0.926. The van der Waals surface area contributed by atoms with Crippen LogP contribution in [0.4, 0.5) is 0 Å². The number of quaternary nitrogens is 6. The quantitative estimate of drug-likeness (QED) is 0.00906. The second-order valence-electron chi connectivity index (χ2n) is 31.9. The first kappa shape index (κ1) is 132. The molecule has 0 spiro atoms. The molecule has 28 nitrogen and oxygen atoms in total. The molecule has 0 aliphatic carbocycles. The summed E-state index contributed by atoms with van der Waals surface area (Å²) in [7, 11) is 12.0. The summed E-state index contributed by atoms with van der Waals surface area (Å²) in [6.45, 7) is 58.6. The van der Waals surface area contributed by atoms with E-state index in [1.807, 2.05) is 109 Å². The number of hydrogen-bond acceptors (Lipinski definition) is 20. The van der Waals surface area contributed by atoms with Crippen molar-refractivity contribution < 1.29 is 114 Å². The number of ether oxygens (including phenoxy) is 6. The van der Waals surface area contributed by atoms with Crippen molar-refractivity contribution in [2.45, 2.75) is 168 Å². The maximum Gasteiger partial charge on any atom is 0.338 e. The van der Waals surface area contributed by atoms with E-state index in [0.29, 0.717) is 73.0 Å². The highest BCUT2D eigenvalue weighted by Gasteiger charge is 2.29. The maximum absolute atomic E-state index is 12.0. The van der Waals surface area contributed by atoms with E-state index in [1.54, 1.807) is 72.8 Å². The summed E-state index contributed by atoms with van der Waals surface area (Å²) in [5.41, 5.74) is 3.77. The molecule has 0 bridgehead atoms. The average molecular weight is 1850 g/mol. The number of hydrogen-bond donors (Lipinski definition) is 4. The molecule has 6 aromatic carbocycles. The van der Waals surface area contributed by atoms with Gasteiger partial charge < -0.3 is 75.7 Å². The third-order valence-electron chi connectivity index (χ3n) is 21.9. The zero-order chi connectivity index (χ0) is 101. The van der Waals surface area contributed by atoms with Gasteiger partial charge >= 0.3 is 35.8 Å². The van der Waals surface area contributed by atoms with Crippen molar-refractivity contribution in [3.05, 3.63) is 236 Å². The fraction of sp³-hybridized carbons (Fsp3) is 0.592. The van der Waals surface area contributed by atoms with Crippen LogP contribution in [0.1, 0.15) is 230 Å². The minimum absolute atomic E-state index is 0.211. The molecule has 0 aromatic heterocycles. The Kier molecular flexibility index (Phi) is 86.8. The molecule has 0 aliphatic heterocycles. The van der Waals surface area contributed by atoms with Crippen LogP contribution in [0.15, 0.2) is 182 Å². The molecule has 0 amide bonds. The second kappa shape index (κ2) is 86.0. The summed E-state index contributed by atoms with van der Waals surface area (Å²) in [6.07, 6.45) is 11.9. The number of nitrogens with zero attached hydrogens (tertiary/aromatic N) is 8. The minimum Gasteiger partial charge on any atom is -0.456 e. The Labute approximate surface area is 790 Å². The molecule has 4 N–H and O–H groups in total. The van der Waals surface area contributed by atoms with Crippen LogP contribution < -0.4 is 0 Å². The normalized spacial score (nSPS) is 11.2. The molecule has 2 unspecified atom stereocenters. The lowest BCUT2D eigenvalue weighted by atomic mass is 10.2. The smallest absolute Gasteiger partial charge is 0.338 e. The van der Waals surface area contributed by atoms with Crippen molar-refractivity contribution in [2.75, 3.05) is 241 Å². The molecule has 0 aliphatic rings. The van der Waals surface area contributed by atoms with Gasteiger partial charge in [0.05, 0.1) is 153 Å². The van der Waals surface area contributed by atoms with E-state index in [1.165, 1.54) is 90.4 Å². The molecule has 6 aromatic rings. The Hall–Kier alpha value is -9.46. The predicted octanol–water partition coefficient (Wildman–Crippen LogP) is 17.3. The first-order valence-corrected chi connectivity index (χ1v) is 47.1. The van der Waals surface area contributed by atoms with Crippen molar-refractivity contribution in [3.63, 3.8) is 0 Å². The molecule has 0 saturated heterocycles. The summed E-state index contributed by atoms with van der Waals surface area (Å²) >= 11 is 0. The number of carbonyl (C=O) groups excluding carboxylic acids is 6. The zero-order valence-electron chi connectivity index (χ0n) is 85.4. The van der Waals surface area contributed by atoms with Crippen LogP contribution in [0.5, 0.6) is 0 Å². The van der Waals surface area contributed by atoms with Crippen LogP contribution in [0.25, 0.3) is 0 Å². The number of unbranched alkanes of at least 4 members (excludes halogenated alkanes) is 2. The number of likely N-dealkylation sites (N-methyl/N-ethyl adjacent to an activating group) is 6. The van der Waals surface area contributed by atoms with Crippen LogP contribution in [-0.2, 0) is 28.4 Å². The van der Waals surface area contributed by atoms with Gasteiger partial charge in [-0.3, -0.25) is 20.2 Å². The fourth-order valence-electron chi connectivity index (χ4n) is 14.2. The number of benzene rings is 6. The van der Waals surface area contributed by atoms with Crippen LogP contribution >= 0.6 is 0 Å². The van der Waals surface area contributed by atoms with Gasteiger partial charge in [-0.05, 0) is 173 Å². The standard InChI is InChI=1S/2C18H30NO2.2C17H28NO2.C15H24NO2.C12H18NO2.2CH3NO2.4CH4O/c2*1-4-7-14-19(6-3,13-5-2)15-16-21-18(20)17-11-9-8-10-12-17;2*1-4-12-18(6-3,13-5-2)14-15-20-17(19)16-10-8-7-9-11-16;1-4-16(5-2,6-3)12-13-18-15(17)14-10-8-7-9-11-14;1-13(2,3)9-10-15-12(14)11-7-5-4-6-8-11;2*1-2(3)4;4*1-2/h2*8-12H,4-7,13-16H2,1-3H3;2*7-11H,4-6,12-15H2,1-3H3;7-11H,4-6,12-13H2,1-3H3;4-8H,9-10H2,1-3H3;2*1H3;4*2H,1H3/q6*+1;;;;;;. The summed E-state index contributed by atoms with van der Waals surface area (Å²) in [5.74, 6) is -1.32. The SMILES string of the molecule is CCCC[N+](CC)(CCC)CCOC(=O)c1ccccc1.CCCC[N+](CC)(CCC)CCOC(=O)c1ccccc1.CCC[N+](CC)(CCC)CCOC(=O)c1ccccc1.CCC[N+](CC)(CCC)CCOC(=O)c1ccccc1.CC[N+](CC)(CC)CCOC(=O)c1ccccc1.CO.CO.CO.CO.C[N+](=O)[O-].C[N+](=O)[O-].C[N+](C)(C)CCOC(=O)c1ccccc1. The van der Waals surface area contributed by atoms with E-state index >= 15 is 0 Å². The molecule has 0 heterocycles. The number of aliphatic hydroxyl groups is 4. The number of aliphatic hydroxyl groups excluding tert-OH is 4. The fourth-order valence-corrected chi connectivity index (χ4v) is 14.2. The van der Waals surface area contributed by atoms with Crippen LogP contribution in [0.3, 0.4) is 0 Å². The van der Waals surface area contributed by atoms with Crippen LogP contribution in [0, 0.1) is 20.2 Å². The van der Waals surface area contributed by atoms with E-state index in [9.17, 15) is 28.8 Å². The Bertz CT molecular complexity index is 3490. The van der Waals surface area contributed by atoms with Crippen LogP contribution in [-0.4, -0.2) is 334 Å². The molecular weight excluding hydrogens is 1670 g/mol. The second-order valence-corrected chi connectivity index (χ2v) is 31.9. The van der Waals surface area contributed by atoms with Gasteiger partial charge in [-0.15, -0.1) is 0 Å². The third kappa shape index (κ3) is 66.5. The van der Waals surface area contributed by atoms with Gasteiger partial charge in [0.15, 0.2) is 14.1 Å².